The van der Waals surface area contributed by atoms with Crippen LogP contribution in [0.4, 0.5) is 0 Å². The molecule has 0 aliphatic carbocycles. The molecule has 184 valence electrons. The fraction of sp³-hybridized carbons (Fsp3) is 0.577. The number of piperidine rings is 1. The second-order valence-corrected chi connectivity index (χ2v) is 9.26. The lowest BCUT2D eigenvalue weighted by Crippen LogP contribution is -2.52. The van der Waals surface area contributed by atoms with Crippen LogP contribution in [-0.2, 0) is 9.47 Å². The molecule has 2 unspecified atom stereocenters. The molecule has 2 fully saturated rings. The van der Waals surface area contributed by atoms with E-state index in [-0.39, 0.29) is 29.8 Å². The summed E-state index contributed by atoms with van der Waals surface area (Å²) in [5.74, 6) is 0.749. The fourth-order valence-electron chi connectivity index (χ4n) is 4.91. The number of hydrogen-bond donors (Lipinski definition) is 0. The zero-order valence-electron chi connectivity index (χ0n) is 20.5. The van der Waals surface area contributed by atoms with Gasteiger partial charge in [-0.3, -0.25) is 9.78 Å². The largest absolute Gasteiger partial charge is 0.485 e. The Morgan fingerprint density at radius 2 is 2.06 bits per heavy atom. The molecule has 8 nitrogen and oxygen atoms in total. The first-order valence-electron chi connectivity index (χ1n) is 12.1. The van der Waals surface area contributed by atoms with E-state index in [0.29, 0.717) is 37.0 Å². The highest BCUT2D eigenvalue weighted by atomic mass is 16.5. The minimum atomic E-state index is -0.310. The monoisotopic (exact) mass is 469 g/mol. The van der Waals surface area contributed by atoms with E-state index in [4.69, 9.17) is 18.9 Å². The van der Waals surface area contributed by atoms with Crippen LogP contribution in [0.15, 0.2) is 36.7 Å². The van der Waals surface area contributed by atoms with Crippen molar-refractivity contribution in [3.63, 3.8) is 0 Å². The molecule has 1 amide bonds. The number of hydrogen-bond acceptors (Lipinski definition) is 7. The van der Waals surface area contributed by atoms with Crippen molar-refractivity contribution in [2.75, 3.05) is 26.8 Å². The van der Waals surface area contributed by atoms with Gasteiger partial charge in [-0.2, -0.15) is 0 Å². The van der Waals surface area contributed by atoms with Crippen molar-refractivity contribution in [1.29, 1.82) is 0 Å². The highest BCUT2D eigenvalue weighted by Crippen LogP contribution is 2.44. The lowest BCUT2D eigenvalue weighted by Gasteiger charge is -2.48. The van der Waals surface area contributed by atoms with Gasteiger partial charge in [0.15, 0.2) is 5.75 Å². The fourth-order valence-corrected chi connectivity index (χ4v) is 4.91. The third-order valence-electron chi connectivity index (χ3n) is 6.49. The van der Waals surface area contributed by atoms with E-state index in [1.165, 1.54) is 7.11 Å². The van der Waals surface area contributed by atoms with Gasteiger partial charge in [-0.05, 0) is 57.4 Å². The molecule has 0 radical (unpaired) electrons. The maximum atomic E-state index is 13.2. The van der Waals surface area contributed by atoms with E-state index in [0.717, 1.165) is 31.2 Å². The van der Waals surface area contributed by atoms with Crippen molar-refractivity contribution in [2.45, 2.75) is 70.4 Å². The summed E-state index contributed by atoms with van der Waals surface area (Å²) in [6.07, 6.45) is 6.88. The van der Waals surface area contributed by atoms with Gasteiger partial charge in [-0.15, -0.1) is 0 Å². The third kappa shape index (κ3) is 5.50. The lowest BCUT2D eigenvalue weighted by atomic mass is 9.81. The summed E-state index contributed by atoms with van der Waals surface area (Å²) >= 11 is 0. The highest BCUT2D eigenvalue weighted by Gasteiger charge is 2.45. The Morgan fingerprint density at radius 3 is 2.71 bits per heavy atom. The van der Waals surface area contributed by atoms with Gasteiger partial charge in [-0.1, -0.05) is 6.07 Å². The van der Waals surface area contributed by atoms with Crippen LogP contribution in [0.1, 0.15) is 68.6 Å². The predicted octanol–water partition coefficient (Wildman–Crippen LogP) is 4.20. The number of carbonyl (C=O) groups excluding carboxylic acids is 1. The average molecular weight is 470 g/mol. The van der Waals surface area contributed by atoms with Crippen LogP contribution in [0.3, 0.4) is 0 Å². The Kier molecular flexibility index (Phi) is 7.68. The first kappa shape index (κ1) is 24.4. The molecule has 4 rings (SSSR count). The van der Waals surface area contributed by atoms with E-state index in [9.17, 15) is 4.79 Å². The molecule has 8 heteroatoms. The van der Waals surface area contributed by atoms with Gasteiger partial charge in [-0.25, -0.2) is 4.98 Å². The number of aromatic nitrogens is 2. The molecule has 1 spiro atoms. The molecule has 2 aliphatic rings. The molecule has 2 aromatic heterocycles. The molecule has 0 saturated carbocycles. The van der Waals surface area contributed by atoms with Gasteiger partial charge >= 0.3 is 0 Å². The normalized spacial score (nSPS) is 22.1. The second kappa shape index (κ2) is 10.7. The van der Waals surface area contributed by atoms with Crippen molar-refractivity contribution in [2.24, 2.45) is 0 Å². The summed E-state index contributed by atoms with van der Waals surface area (Å²) in [5, 5.41) is 0. The first-order chi connectivity index (χ1) is 16.4. The Bertz CT molecular complexity index is 960. The van der Waals surface area contributed by atoms with E-state index in [2.05, 4.69) is 16.0 Å². The van der Waals surface area contributed by atoms with Crippen molar-refractivity contribution in [3.8, 4) is 11.6 Å². The second-order valence-electron chi connectivity index (χ2n) is 9.26. The molecule has 2 aliphatic heterocycles. The van der Waals surface area contributed by atoms with Crippen molar-refractivity contribution in [3.05, 3.63) is 47.9 Å². The number of nitrogens with zero attached hydrogens (tertiary/aromatic N) is 3. The van der Waals surface area contributed by atoms with Crippen molar-refractivity contribution < 1.29 is 23.7 Å². The Morgan fingerprint density at radius 1 is 1.26 bits per heavy atom. The quantitative estimate of drug-likeness (QED) is 0.601. The summed E-state index contributed by atoms with van der Waals surface area (Å²) in [5.41, 5.74) is 1.12. The molecule has 0 N–H and O–H groups in total. The van der Waals surface area contributed by atoms with Crippen LogP contribution >= 0.6 is 0 Å². The van der Waals surface area contributed by atoms with E-state index >= 15 is 0 Å². The maximum absolute atomic E-state index is 13.2. The number of ether oxygens (including phenoxy) is 4. The highest BCUT2D eigenvalue weighted by molar-refractivity contribution is 5.92. The Labute approximate surface area is 201 Å². The molecule has 2 saturated heterocycles. The van der Waals surface area contributed by atoms with Crippen molar-refractivity contribution in [1.82, 2.24) is 14.9 Å². The van der Waals surface area contributed by atoms with Crippen LogP contribution in [-0.4, -0.2) is 65.4 Å². The molecule has 2 aromatic rings. The molecule has 4 heterocycles. The molecule has 0 aromatic carbocycles. The number of likely N-dealkylation sites (tertiary alicyclic amines) is 1. The summed E-state index contributed by atoms with van der Waals surface area (Å²) < 4.78 is 23.8. The van der Waals surface area contributed by atoms with Gasteiger partial charge in [0.1, 0.15) is 5.69 Å². The lowest BCUT2D eigenvalue weighted by molar-refractivity contribution is -0.190. The van der Waals surface area contributed by atoms with Gasteiger partial charge in [0.05, 0.1) is 31.0 Å². The Hall–Kier alpha value is -2.71. The van der Waals surface area contributed by atoms with Gasteiger partial charge in [0.2, 0.25) is 0 Å². The van der Waals surface area contributed by atoms with Gasteiger partial charge in [0, 0.05) is 44.9 Å². The number of carbonyl (C=O) groups is 1. The molecule has 0 bridgehead atoms. The summed E-state index contributed by atoms with van der Waals surface area (Å²) in [6, 6.07) is 7.45. The molecular formula is C26H35N3O5. The van der Waals surface area contributed by atoms with Crippen LogP contribution < -0.4 is 9.47 Å². The standard InChI is InChI=1S/C26H35N3O5/c1-5-32-20-15-23(19-7-6-12-27-17-19)34-26(16-20)10-13-29(14-11-26)25(30)21-8-9-22(33-18(2)3)24(28-21)31-4/h6-9,12,17-18,20,23H,5,10-11,13-16H2,1-4H3. The summed E-state index contributed by atoms with van der Waals surface area (Å²) in [7, 11) is 1.53. The number of methoxy groups -OCH3 is 1. The first-order valence-corrected chi connectivity index (χ1v) is 12.1. The maximum Gasteiger partial charge on any atom is 0.272 e. The molecule has 34 heavy (non-hydrogen) atoms. The average Bonchev–Trinajstić information content (AvgIpc) is 2.84. The zero-order valence-corrected chi connectivity index (χ0v) is 20.5. The SMILES string of the molecule is CCOC1CC(c2cccnc2)OC2(CCN(C(=O)c3ccc(OC(C)C)c(OC)n3)CC2)C1. The number of amides is 1. The number of pyridine rings is 2. The van der Waals surface area contributed by atoms with Crippen LogP contribution in [0.2, 0.25) is 0 Å². The van der Waals surface area contributed by atoms with E-state index < -0.39 is 0 Å². The Balaban J connectivity index is 1.45. The van der Waals surface area contributed by atoms with Crippen LogP contribution in [0.25, 0.3) is 0 Å². The summed E-state index contributed by atoms with van der Waals surface area (Å²) in [4.78, 5) is 23.8. The van der Waals surface area contributed by atoms with E-state index in [1.807, 2.05) is 37.9 Å². The number of rotatable bonds is 7. The minimum absolute atomic E-state index is 0.0120. The zero-order chi connectivity index (χ0) is 24.1. The van der Waals surface area contributed by atoms with Crippen LogP contribution in [0, 0.1) is 0 Å². The molecule has 2 atom stereocenters. The van der Waals surface area contributed by atoms with Crippen molar-refractivity contribution >= 4 is 5.91 Å². The van der Waals surface area contributed by atoms with E-state index in [1.54, 1.807) is 18.3 Å². The van der Waals surface area contributed by atoms with Gasteiger partial charge < -0.3 is 23.8 Å². The smallest absolute Gasteiger partial charge is 0.272 e. The predicted molar refractivity (Wildman–Crippen MR) is 127 cm³/mol. The summed E-state index contributed by atoms with van der Waals surface area (Å²) in [6.45, 7) is 7.78. The third-order valence-corrected chi connectivity index (χ3v) is 6.49. The minimum Gasteiger partial charge on any atom is -0.485 e. The topological polar surface area (TPSA) is 83.0 Å². The van der Waals surface area contributed by atoms with Gasteiger partial charge in [0.25, 0.3) is 11.8 Å². The molecular weight excluding hydrogens is 434 g/mol. The van der Waals surface area contributed by atoms with Crippen LogP contribution in [0.5, 0.6) is 11.6 Å².